The van der Waals surface area contributed by atoms with Crippen molar-refractivity contribution in [1.82, 2.24) is 15.5 Å². The van der Waals surface area contributed by atoms with Crippen molar-refractivity contribution in [3.05, 3.63) is 29.8 Å². The second kappa shape index (κ2) is 7.26. The minimum Gasteiger partial charge on any atom is -0.497 e. The van der Waals surface area contributed by atoms with Crippen molar-refractivity contribution < 1.29 is 9.53 Å². The van der Waals surface area contributed by atoms with Crippen LogP contribution in [0.1, 0.15) is 12.5 Å². The Bertz CT molecular complexity index is 450. The van der Waals surface area contributed by atoms with Gasteiger partial charge in [-0.15, -0.1) is 0 Å². The molecule has 1 aliphatic heterocycles. The quantitative estimate of drug-likeness (QED) is 0.828. The van der Waals surface area contributed by atoms with Crippen molar-refractivity contribution in [2.45, 2.75) is 19.5 Å². The molecule has 1 aromatic rings. The van der Waals surface area contributed by atoms with Crippen LogP contribution in [-0.2, 0) is 11.3 Å². The SMILES string of the molecule is COc1cccc(CNC(=O)CN2CCNC[C@@H]2C)c1. The summed E-state index contributed by atoms with van der Waals surface area (Å²) in [6.45, 7) is 5.97. The second-order valence-corrected chi connectivity index (χ2v) is 5.15. The number of carbonyl (C=O) groups is 1. The van der Waals surface area contributed by atoms with Gasteiger partial charge < -0.3 is 15.4 Å². The maximum atomic E-state index is 12.0. The van der Waals surface area contributed by atoms with Crippen molar-refractivity contribution in [3.63, 3.8) is 0 Å². The van der Waals surface area contributed by atoms with E-state index in [1.54, 1.807) is 7.11 Å². The molecule has 1 saturated heterocycles. The molecule has 1 fully saturated rings. The molecule has 110 valence electrons. The van der Waals surface area contributed by atoms with Crippen molar-refractivity contribution in [3.8, 4) is 5.75 Å². The number of nitrogens with one attached hydrogen (secondary N) is 2. The number of hydrogen-bond acceptors (Lipinski definition) is 4. The van der Waals surface area contributed by atoms with Gasteiger partial charge in [0.05, 0.1) is 13.7 Å². The number of ether oxygens (including phenoxy) is 1. The van der Waals surface area contributed by atoms with Crippen LogP contribution in [0, 0.1) is 0 Å². The van der Waals surface area contributed by atoms with Crippen LogP contribution in [0.3, 0.4) is 0 Å². The Morgan fingerprint density at radius 1 is 1.55 bits per heavy atom. The molecule has 0 bridgehead atoms. The molecular formula is C15H23N3O2. The summed E-state index contributed by atoms with van der Waals surface area (Å²) in [5.41, 5.74) is 1.05. The molecule has 5 nitrogen and oxygen atoms in total. The molecule has 0 spiro atoms. The second-order valence-electron chi connectivity index (χ2n) is 5.15. The molecule has 0 aliphatic carbocycles. The van der Waals surface area contributed by atoms with E-state index in [0.717, 1.165) is 30.9 Å². The predicted molar refractivity (Wildman–Crippen MR) is 78.7 cm³/mol. The van der Waals surface area contributed by atoms with E-state index in [-0.39, 0.29) is 5.91 Å². The Balaban J connectivity index is 1.79. The van der Waals surface area contributed by atoms with Crippen LogP contribution in [0.5, 0.6) is 5.75 Å². The number of nitrogens with zero attached hydrogens (tertiary/aromatic N) is 1. The third-order valence-corrected chi connectivity index (χ3v) is 3.61. The predicted octanol–water partition coefficient (Wildman–Crippen LogP) is 0.605. The van der Waals surface area contributed by atoms with Gasteiger partial charge in [-0.3, -0.25) is 9.69 Å². The van der Waals surface area contributed by atoms with E-state index in [9.17, 15) is 4.79 Å². The third-order valence-electron chi connectivity index (χ3n) is 3.61. The van der Waals surface area contributed by atoms with Crippen molar-refractivity contribution in [2.75, 3.05) is 33.3 Å². The Kier molecular flexibility index (Phi) is 5.38. The van der Waals surface area contributed by atoms with Crippen LogP contribution in [0.15, 0.2) is 24.3 Å². The molecule has 1 aromatic carbocycles. The van der Waals surface area contributed by atoms with Gasteiger partial charge in [0.2, 0.25) is 5.91 Å². The average molecular weight is 277 g/mol. The molecule has 1 aliphatic rings. The van der Waals surface area contributed by atoms with Crippen molar-refractivity contribution in [2.24, 2.45) is 0 Å². The van der Waals surface area contributed by atoms with Crippen molar-refractivity contribution in [1.29, 1.82) is 0 Å². The lowest BCUT2D eigenvalue weighted by Crippen LogP contribution is -2.52. The highest BCUT2D eigenvalue weighted by Gasteiger charge is 2.19. The van der Waals surface area contributed by atoms with Crippen LogP contribution in [0.25, 0.3) is 0 Å². The number of amides is 1. The normalized spacial score (nSPS) is 19.6. The van der Waals surface area contributed by atoms with E-state index in [0.29, 0.717) is 19.1 Å². The lowest BCUT2D eigenvalue weighted by molar-refractivity contribution is -0.123. The molecule has 0 aromatic heterocycles. The van der Waals surface area contributed by atoms with Gasteiger partial charge in [0.1, 0.15) is 5.75 Å². The molecule has 1 amide bonds. The van der Waals surface area contributed by atoms with E-state index in [1.165, 1.54) is 0 Å². The van der Waals surface area contributed by atoms with E-state index in [1.807, 2.05) is 24.3 Å². The summed E-state index contributed by atoms with van der Waals surface area (Å²) in [5.74, 6) is 0.883. The molecule has 2 rings (SSSR count). The fourth-order valence-electron chi connectivity index (χ4n) is 2.34. The summed E-state index contributed by atoms with van der Waals surface area (Å²) < 4.78 is 5.17. The van der Waals surface area contributed by atoms with Crippen LogP contribution < -0.4 is 15.4 Å². The fraction of sp³-hybridized carbons (Fsp3) is 0.533. The smallest absolute Gasteiger partial charge is 0.234 e. The lowest BCUT2D eigenvalue weighted by atomic mass is 10.2. The minimum atomic E-state index is 0.0709. The third kappa shape index (κ3) is 4.21. The van der Waals surface area contributed by atoms with Gasteiger partial charge in [0, 0.05) is 32.2 Å². The number of carbonyl (C=O) groups excluding carboxylic acids is 1. The molecule has 0 saturated carbocycles. The summed E-state index contributed by atoms with van der Waals surface area (Å²) in [6.07, 6.45) is 0. The topological polar surface area (TPSA) is 53.6 Å². The largest absolute Gasteiger partial charge is 0.497 e. The van der Waals surface area contributed by atoms with E-state index >= 15 is 0 Å². The summed E-state index contributed by atoms with van der Waals surface area (Å²) in [5, 5.41) is 6.28. The zero-order valence-electron chi connectivity index (χ0n) is 12.2. The molecule has 2 N–H and O–H groups in total. The summed E-state index contributed by atoms with van der Waals surface area (Å²) in [4.78, 5) is 14.2. The molecule has 1 heterocycles. The standard InChI is InChI=1S/C15H23N3O2/c1-12-9-16-6-7-18(12)11-15(19)17-10-13-4-3-5-14(8-13)20-2/h3-5,8,12,16H,6-7,9-11H2,1-2H3,(H,17,19)/t12-/m0/s1. The first-order chi connectivity index (χ1) is 9.69. The monoisotopic (exact) mass is 277 g/mol. The van der Waals surface area contributed by atoms with E-state index in [4.69, 9.17) is 4.74 Å². The van der Waals surface area contributed by atoms with Gasteiger partial charge in [-0.2, -0.15) is 0 Å². The highest BCUT2D eigenvalue weighted by molar-refractivity contribution is 5.78. The zero-order chi connectivity index (χ0) is 14.4. The van der Waals surface area contributed by atoms with Gasteiger partial charge >= 0.3 is 0 Å². The molecule has 5 heteroatoms. The van der Waals surface area contributed by atoms with Gasteiger partial charge in [-0.05, 0) is 24.6 Å². The van der Waals surface area contributed by atoms with Gasteiger partial charge in [-0.1, -0.05) is 12.1 Å². The zero-order valence-corrected chi connectivity index (χ0v) is 12.2. The number of rotatable bonds is 5. The highest BCUT2D eigenvalue weighted by Crippen LogP contribution is 2.12. The average Bonchev–Trinajstić information content (AvgIpc) is 2.48. The maximum absolute atomic E-state index is 12.0. The minimum absolute atomic E-state index is 0.0709. The molecule has 20 heavy (non-hydrogen) atoms. The lowest BCUT2D eigenvalue weighted by Gasteiger charge is -2.33. The van der Waals surface area contributed by atoms with Crippen LogP contribution in [0.2, 0.25) is 0 Å². The van der Waals surface area contributed by atoms with Gasteiger partial charge in [0.15, 0.2) is 0 Å². The highest BCUT2D eigenvalue weighted by atomic mass is 16.5. The van der Waals surface area contributed by atoms with Crippen LogP contribution in [-0.4, -0.2) is 50.1 Å². The number of hydrogen-bond donors (Lipinski definition) is 2. The first-order valence-corrected chi connectivity index (χ1v) is 7.03. The Labute approximate surface area is 120 Å². The molecule has 1 atom stereocenters. The van der Waals surface area contributed by atoms with Crippen LogP contribution >= 0.6 is 0 Å². The van der Waals surface area contributed by atoms with E-state index in [2.05, 4.69) is 22.5 Å². The summed E-state index contributed by atoms with van der Waals surface area (Å²) >= 11 is 0. The Morgan fingerprint density at radius 3 is 3.15 bits per heavy atom. The summed E-state index contributed by atoms with van der Waals surface area (Å²) in [7, 11) is 1.64. The molecular weight excluding hydrogens is 254 g/mol. The molecule has 0 unspecified atom stereocenters. The maximum Gasteiger partial charge on any atom is 0.234 e. The van der Waals surface area contributed by atoms with Gasteiger partial charge in [-0.25, -0.2) is 0 Å². The van der Waals surface area contributed by atoms with Crippen molar-refractivity contribution >= 4 is 5.91 Å². The number of benzene rings is 1. The molecule has 0 radical (unpaired) electrons. The Hall–Kier alpha value is -1.59. The van der Waals surface area contributed by atoms with Crippen LogP contribution in [0.4, 0.5) is 0 Å². The summed E-state index contributed by atoms with van der Waals surface area (Å²) in [6, 6.07) is 8.16. The van der Waals surface area contributed by atoms with E-state index < -0.39 is 0 Å². The number of methoxy groups -OCH3 is 1. The first-order valence-electron chi connectivity index (χ1n) is 7.03. The first kappa shape index (κ1) is 14.8. The van der Waals surface area contributed by atoms with Gasteiger partial charge in [0.25, 0.3) is 0 Å². The fourth-order valence-corrected chi connectivity index (χ4v) is 2.34. The number of piperazine rings is 1. The Morgan fingerprint density at radius 2 is 2.40 bits per heavy atom.